The zero-order chi connectivity index (χ0) is 20.1. The van der Waals surface area contributed by atoms with Gasteiger partial charge in [0.1, 0.15) is 0 Å². The zero-order valence-electron chi connectivity index (χ0n) is 15.9. The lowest BCUT2D eigenvalue weighted by atomic mass is 10.1. The average Bonchev–Trinajstić information content (AvgIpc) is 2.77. The van der Waals surface area contributed by atoms with E-state index in [9.17, 15) is 0 Å². The number of pyridine rings is 1. The van der Waals surface area contributed by atoms with Crippen molar-refractivity contribution in [2.24, 2.45) is 0 Å². The quantitative estimate of drug-likeness (QED) is 0.425. The molecule has 0 radical (unpaired) electrons. The molecule has 29 heavy (non-hydrogen) atoms. The van der Waals surface area contributed by atoms with Gasteiger partial charge in [-0.25, -0.2) is 0 Å². The average molecular weight is 378 g/mol. The van der Waals surface area contributed by atoms with Gasteiger partial charge >= 0.3 is 0 Å². The molecule has 0 bridgehead atoms. The first-order valence-electron chi connectivity index (χ1n) is 9.38. The summed E-state index contributed by atoms with van der Waals surface area (Å²) in [4.78, 5) is 6.22. The van der Waals surface area contributed by atoms with Crippen molar-refractivity contribution in [3.8, 4) is 0 Å². The van der Waals surface area contributed by atoms with E-state index in [-0.39, 0.29) is 0 Å². The van der Waals surface area contributed by atoms with Gasteiger partial charge in [-0.1, -0.05) is 24.3 Å². The van der Waals surface area contributed by atoms with Crippen LogP contribution in [-0.4, -0.2) is 4.98 Å². The lowest BCUT2D eigenvalue weighted by molar-refractivity contribution is 1.28. The van der Waals surface area contributed by atoms with Gasteiger partial charge in [0, 0.05) is 40.8 Å². The van der Waals surface area contributed by atoms with Crippen LogP contribution < -0.4 is 16.4 Å². The van der Waals surface area contributed by atoms with Crippen LogP contribution in [0.3, 0.4) is 0 Å². The number of benzene rings is 3. The number of hydrogen-bond acceptors (Lipinski definition) is 4. The standard InChI is InChI=1S/C25H22N4/c26-21-5-11-24(12-6-21)29(25-13-7-22(27)8-14-25)23-9-3-19(4-10-23)1-2-20-15-17-28-18-16-20/h1-18H,26-27H2/b2-1+. The SMILES string of the molecule is Nc1ccc(N(c2ccc(N)cc2)c2ccc(/C=C/c3ccncc3)cc2)cc1. The topological polar surface area (TPSA) is 68.2 Å². The second kappa shape index (κ2) is 8.31. The van der Waals surface area contributed by atoms with E-state index in [1.165, 1.54) is 0 Å². The third-order valence-corrected chi connectivity index (χ3v) is 4.63. The summed E-state index contributed by atoms with van der Waals surface area (Å²) < 4.78 is 0. The summed E-state index contributed by atoms with van der Waals surface area (Å²) in [6.07, 6.45) is 7.75. The third kappa shape index (κ3) is 4.45. The zero-order valence-corrected chi connectivity index (χ0v) is 15.9. The largest absolute Gasteiger partial charge is 0.399 e. The van der Waals surface area contributed by atoms with Crippen LogP contribution in [0.25, 0.3) is 12.2 Å². The number of rotatable bonds is 5. The Morgan fingerprint density at radius 3 is 1.34 bits per heavy atom. The fourth-order valence-corrected chi connectivity index (χ4v) is 3.10. The van der Waals surface area contributed by atoms with Crippen molar-refractivity contribution in [2.45, 2.75) is 0 Å². The minimum absolute atomic E-state index is 0.739. The first-order valence-corrected chi connectivity index (χ1v) is 9.38. The summed E-state index contributed by atoms with van der Waals surface area (Å²) in [6.45, 7) is 0. The molecule has 0 unspecified atom stereocenters. The molecule has 0 atom stereocenters. The van der Waals surface area contributed by atoms with Crippen molar-refractivity contribution in [1.29, 1.82) is 0 Å². The molecule has 1 heterocycles. The first kappa shape index (κ1) is 18.3. The van der Waals surface area contributed by atoms with Crippen molar-refractivity contribution in [2.75, 3.05) is 16.4 Å². The highest BCUT2D eigenvalue weighted by Crippen LogP contribution is 2.35. The Hall–Kier alpha value is -4.05. The Morgan fingerprint density at radius 1 is 0.517 bits per heavy atom. The molecule has 4 N–H and O–H groups in total. The summed E-state index contributed by atoms with van der Waals surface area (Å²) in [6, 6.07) is 28.1. The van der Waals surface area contributed by atoms with E-state index in [1.54, 1.807) is 12.4 Å². The fourth-order valence-electron chi connectivity index (χ4n) is 3.10. The van der Waals surface area contributed by atoms with E-state index < -0.39 is 0 Å². The molecule has 0 aliphatic rings. The van der Waals surface area contributed by atoms with E-state index in [4.69, 9.17) is 11.5 Å². The maximum Gasteiger partial charge on any atom is 0.0463 e. The molecule has 142 valence electrons. The maximum atomic E-state index is 5.88. The summed E-state index contributed by atoms with van der Waals surface area (Å²) in [5.41, 5.74) is 18.6. The van der Waals surface area contributed by atoms with Crippen LogP contribution in [0.5, 0.6) is 0 Å². The van der Waals surface area contributed by atoms with Gasteiger partial charge in [-0.3, -0.25) is 4.98 Å². The Kier molecular flexibility index (Phi) is 5.25. The van der Waals surface area contributed by atoms with Crippen molar-refractivity contribution >= 4 is 40.6 Å². The highest BCUT2D eigenvalue weighted by Gasteiger charge is 2.12. The van der Waals surface area contributed by atoms with E-state index in [0.717, 1.165) is 39.6 Å². The van der Waals surface area contributed by atoms with Gasteiger partial charge in [-0.2, -0.15) is 0 Å². The van der Waals surface area contributed by atoms with E-state index >= 15 is 0 Å². The van der Waals surface area contributed by atoms with Gasteiger partial charge in [-0.15, -0.1) is 0 Å². The molecule has 4 nitrogen and oxygen atoms in total. The van der Waals surface area contributed by atoms with Gasteiger partial charge in [0.05, 0.1) is 0 Å². The molecule has 4 aromatic rings. The second-order valence-electron chi connectivity index (χ2n) is 6.72. The van der Waals surface area contributed by atoms with Gasteiger partial charge in [-0.05, 0) is 83.9 Å². The summed E-state index contributed by atoms with van der Waals surface area (Å²) in [5, 5.41) is 0. The number of aromatic nitrogens is 1. The normalized spacial score (nSPS) is 10.9. The monoisotopic (exact) mass is 378 g/mol. The van der Waals surface area contributed by atoms with Crippen LogP contribution in [0.1, 0.15) is 11.1 Å². The van der Waals surface area contributed by atoms with Crippen LogP contribution in [0.2, 0.25) is 0 Å². The molecule has 0 fully saturated rings. The summed E-state index contributed by atoms with van der Waals surface area (Å²) >= 11 is 0. The minimum atomic E-state index is 0.739. The predicted octanol–water partition coefficient (Wildman–Crippen LogP) is 5.89. The van der Waals surface area contributed by atoms with Crippen LogP contribution in [0.15, 0.2) is 97.3 Å². The molecule has 4 heteroatoms. The van der Waals surface area contributed by atoms with Gasteiger partial charge < -0.3 is 16.4 Å². The Morgan fingerprint density at radius 2 is 0.897 bits per heavy atom. The molecular formula is C25H22N4. The molecule has 0 aliphatic heterocycles. The number of anilines is 5. The molecule has 0 aliphatic carbocycles. The van der Waals surface area contributed by atoms with Gasteiger partial charge in [0.15, 0.2) is 0 Å². The number of nitrogen functional groups attached to an aromatic ring is 2. The predicted molar refractivity (Wildman–Crippen MR) is 123 cm³/mol. The van der Waals surface area contributed by atoms with Gasteiger partial charge in [0.25, 0.3) is 0 Å². The molecule has 4 rings (SSSR count). The summed E-state index contributed by atoms with van der Waals surface area (Å²) in [5.74, 6) is 0. The molecule has 0 spiro atoms. The highest BCUT2D eigenvalue weighted by atomic mass is 15.1. The second-order valence-corrected chi connectivity index (χ2v) is 6.72. The fraction of sp³-hybridized carbons (Fsp3) is 0. The lowest BCUT2D eigenvalue weighted by Gasteiger charge is -2.25. The minimum Gasteiger partial charge on any atom is -0.399 e. The Labute approximate surface area is 170 Å². The van der Waals surface area contributed by atoms with E-state index in [1.807, 2.05) is 60.7 Å². The Bertz CT molecular complexity index is 1040. The van der Waals surface area contributed by atoms with Crippen LogP contribution in [0.4, 0.5) is 28.4 Å². The Balaban J connectivity index is 1.66. The van der Waals surface area contributed by atoms with Crippen LogP contribution in [0, 0.1) is 0 Å². The van der Waals surface area contributed by atoms with Crippen molar-refractivity contribution < 1.29 is 0 Å². The molecule has 0 saturated heterocycles. The molecular weight excluding hydrogens is 356 g/mol. The van der Waals surface area contributed by atoms with Gasteiger partial charge in [0.2, 0.25) is 0 Å². The van der Waals surface area contributed by atoms with Crippen molar-refractivity contribution in [3.05, 3.63) is 108 Å². The third-order valence-electron chi connectivity index (χ3n) is 4.63. The smallest absolute Gasteiger partial charge is 0.0463 e. The highest BCUT2D eigenvalue weighted by molar-refractivity contribution is 5.79. The molecule has 3 aromatic carbocycles. The van der Waals surface area contributed by atoms with Crippen LogP contribution >= 0.6 is 0 Å². The van der Waals surface area contributed by atoms with E-state index in [2.05, 4.69) is 46.3 Å². The number of hydrogen-bond donors (Lipinski definition) is 2. The van der Waals surface area contributed by atoms with Crippen molar-refractivity contribution in [1.82, 2.24) is 4.98 Å². The molecule has 0 saturated carbocycles. The first-order chi connectivity index (χ1) is 14.2. The summed E-state index contributed by atoms with van der Waals surface area (Å²) in [7, 11) is 0. The maximum absolute atomic E-state index is 5.88. The van der Waals surface area contributed by atoms with Crippen LogP contribution in [-0.2, 0) is 0 Å². The molecule has 1 aromatic heterocycles. The number of nitrogens with zero attached hydrogens (tertiary/aromatic N) is 2. The molecule has 0 amide bonds. The van der Waals surface area contributed by atoms with Crippen molar-refractivity contribution in [3.63, 3.8) is 0 Å². The lowest BCUT2D eigenvalue weighted by Crippen LogP contribution is -2.10. The van der Waals surface area contributed by atoms with E-state index in [0.29, 0.717) is 0 Å². The number of nitrogens with two attached hydrogens (primary N) is 2.